The molecule has 1 heterocycles. The van der Waals surface area contributed by atoms with E-state index in [-0.39, 0.29) is 0 Å². The number of hydrogen-bond acceptors (Lipinski definition) is 3. The van der Waals surface area contributed by atoms with Gasteiger partial charge in [0.05, 0.1) is 7.11 Å². The maximum Gasteiger partial charge on any atom is 0.118 e. The molecule has 3 heteroatoms. The van der Waals surface area contributed by atoms with Gasteiger partial charge in [0.1, 0.15) is 5.75 Å². The number of hydrogen-bond donors (Lipinski definition) is 1. The Bertz CT molecular complexity index is 451. The van der Waals surface area contributed by atoms with Crippen LogP contribution in [0.3, 0.4) is 0 Å². The number of ether oxygens (including phenoxy) is 1. The molecule has 0 unspecified atom stereocenters. The normalized spacial score (nSPS) is 9.93. The van der Waals surface area contributed by atoms with Crippen LogP contribution in [-0.4, -0.2) is 12.1 Å². The molecule has 3 nitrogen and oxygen atoms in total. The predicted octanol–water partition coefficient (Wildman–Crippen LogP) is 2.34. The van der Waals surface area contributed by atoms with Crippen molar-refractivity contribution >= 4 is 5.69 Å². The summed E-state index contributed by atoms with van der Waals surface area (Å²) in [5.41, 5.74) is 8.57. The lowest BCUT2D eigenvalue weighted by molar-refractivity contribution is 0.415. The standard InChI is InChI=1S/C12H12N2O/c1-15-10-4-2-9(3-5-10)11-8-14-7-6-12(11)13/h2-8H,1H3,(H2,13,14). The molecule has 0 radical (unpaired) electrons. The van der Waals surface area contributed by atoms with Crippen LogP contribution in [0.15, 0.2) is 42.7 Å². The lowest BCUT2D eigenvalue weighted by Crippen LogP contribution is -1.90. The minimum atomic E-state index is 0.732. The summed E-state index contributed by atoms with van der Waals surface area (Å²) >= 11 is 0. The molecule has 0 saturated carbocycles. The molecule has 2 aromatic rings. The average Bonchev–Trinajstić information content (AvgIpc) is 2.30. The maximum absolute atomic E-state index is 5.85. The van der Waals surface area contributed by atoms with Gasteiger partial charge < -0.3 is 10.5 Å². The van der Waals surface area contributed by atoms with E-state index in [1.54, 1.807) is 25.6 Å². The summed E-state index contributed by atoms with van der Waals surface area (Å²) < 4.78 is 5.09. The van der Waals surface area contributed by atoms with Crippen LogP contribution in [0.2, 0.25) is 0 Å². The number of nitrogen functional groups attached to an aromatic ring is 1. The monoisotopic (exact) mass is 200 g/mol. The van der Waals surface area contributed by atoms with Gasteiger partial charge >= 0.3 is 0 Å². The van der Waals surface area contributed by atoms with Crippen molar-refractivity contribution in [2.24, 2.45) is 0 Å². The first-order chi connectivity index (χ1) is 7.31. The topological polar surface area (TPSA) is 48.1 Å². The summed E-state index contributed by atoms with van der Waals surface area (Å²) in [7, 11) is 1.65. The average molecular weight is 200 g/mol. The Morgan fingerprint density at radius 2 is 1.87 bits per heavy atom. The highest BCUT2D eigenvalue weighted by Crippen LogP contribution is 2.25. The fourth-order valence-corrected chi connectivity index (χ4v) is 1.42. The highest BCUT2D eigenvalue weighted by Gasteiger charge is 2.01. The molecular formula is C12H12N2O. The molecule has 0 fully saturated rings. The number of methoxy groups -OCH3 is 1. The first-order valence-electron chi connectivity index (χ1n) is 4.65. The summed E-state index contributed by atoms with van der Waals surface area (Å²) in [5.74, 6) is 0.834. The van der Waals surface area contributed by atoms with Crippen LogP contribution in [0.5, 0.6) is 5.75 Å². The zero-order valence-corrected chi connectivity index (χ0v) is 8.47. The summed E-state index contributed by atoms with van der Waals surface area (Å²) in [6, 6.07) is 9.53. The smallest absolute Gasteiger partial charge is 0.118 e. The largest absolute Gasteiger partial charge is 0.497 e. The zero-order chi connectivity index (χ0) is 10.7. The van der Waals surface area contributed by atoms with Gasteiger partial charge in [0, 0.05) is 23.6 Å². The third-order valence-corrected chi connectivity index (χ3v) is 2.26. The minimum Gasteiger partial charge on any atom is -0.497 e. The van der Waals surface area contributed by atoms with Crippen molar-refractivity contribution in [1.82, 2.24) is 4.98 Å². The molecule has 0 amide bonds. The second-order valence-electron chi connectivity index (χ2n) is 3.19. The van der Waals surface area contributed by atoms with Gasteiger partial charge in [-0.1, -0.05) is 12.1 Å². The van der Waals surface area contributed by atoms with E-state index >= 15 is 0 Å². The molecule has 76 valence electrons. The Morgan fingerprint density at radius 1 is 1.13 bits per heavy atom. The van der Waals surface area contributed by atoms with Crippen molar-refractivity contribution in [3.05, 3.63) is 42.7 Å². The van der Waals surface area contributed by atoms with E-state index in [9.17, 15) is 0 Å². The minimum absolute atomic E-state index is 0.732. The van der Waals surface area contributed by atoms with E-state index < -0.39 is 0 Å². The molecule has 0 atom stereocenters. The second kappa shape index (κ2) is 4.00. The Balaban J connectivity index is 2.42. The van der Waals surface area contributed by atoms with Crippen molar-refractivity contribution in [1.29, 1.82) is 0 Å². The van der Waals surface area contributed by atoms with Gasteiger partial charge in [0.2, 0.25) is 0 Å². The molecule has 2 N–H and O–H groups in total. The predicted molar refractivity (Wildman–Crippen MR) is 60.6 cm³/mol. The molecule has 0 spiro atoms. The molecule has 15 heavy (non-hydrogen) atoms. The van der Waals surface area contributed by atoms with Gasteiger partial charge in [-0.3, -0.25) is 4.98 Å². The summed E-state index contributed by atoms with van der Waals surface area (Å²) in [6.45, 7) is 0. The van der Waals surface area contributed by atoms with Crippen LogP contribution in [0, 0.1) is 0 Å². The Kier molecular flexibility index (Phi) is 2.54. The maximum atomic E-state index is 5.85. The van der Waals surface area contributed by atoms with Gasteiger partial charge in [-0.15, -0.1) is 0 Å². The first-order valence-corrected chi connectivity index (χ1v) is 4.65. The molecule has 1 aromatic carbocycles. The van der Waals surface area contributed by atoms with Gasteiger partial charge in [-0.25, -0.2) is 0 Å². The van der Waals surface area contributed by atoms with E-state index in [4.69, 9.17) is 10.5 Å². The lowest BCUT2D eigenvalue weighted by Gasteiger charge is -2.05. The number of benzene rings is 1. The Hall–Kier alpha value is -2.03. The van der Waals surface area contributed by atoms with Gasteiger partial charge in [-0.2, -0.15) is 0 Å². The van der Waals surface area contributed by atoms with Crippen LogP contribution in [0.4, 0.5) is 5.69 Å². The van der Waals surface area contributed by atoms with Crippen molar-refractivity contribution in [2.75, 3.05) is 12.8 Å². The molecule has 2 rings (SSSR count). The van der Waals surface area contributed by atoms with Crippen LogP contribution >= 0.6 is 0 Å². The van der Waals surface area contributed by atoms with Gasteiger partial charge in [0.15, 0.2) is 0 Å². The third-order valence-electron chi connectivity index (χ3n) is 2.26. The molecule has 0 aliphatic carbocycles. The van der Waals surface area contributed by atoms with Crippen LogP contribution in [0.1, 0.15) is 0 Å². The van der Waals surface area contributed by atoms with Gasteiger partial charge in [0.25, 0.3) is 0 Å². The summed E-state index contributed by atoms with van der Waals surface area (Å²) in [4.78, 5) is 4.05. The third kappa shape index (κ3) is 1.91. The van der Waals surface area contributed by atoms with Gasteiger partial charge in [-0.05, 0) is 23.8 Å². The number of nitrogens with zero attached hydrogens (tertiary/aromatic N) is 1. The molecule has 1 aromatic heterocycles. The van der Waals surface area contributed by atoms with E-state index in [1.165, 1.54) is 0 Å². The van der Waals surface area contributed by atoms with Crippen molar-refractivity contribution < 1.29 is 4.74 Å². The highest BCUT2D eigenvalue weighted by molar-refractivity contribution is 5.75. The van der Waals surface area contributed by atoms with Crippen LogP contribution in [-0.2, 0) is 0 Å². The number of anilines is 1. The summed E-state index contributed by atoms with van der Waals surface area (Å²) in [6.07, 6.45) is 3.44. The first kappa shape index (κ1) is 9.52. The molecular weight excluding hydrogens is 188 g/mol. The number of pyridine rings is 1. The zero-order valence-electron chi connectivity index (χ0n) is 8.47. The van der Waals surface area contributed by atoms with Crippen LogP contribution < -0.4 is 10.5 Å². The fourth-order valence-electron chi connectivity index (χ4n) is 1.42. The SMILES string of the molecule is COc1ccc(-c2cnccc2N)cc1. The molecule has 0 aliphatic rings. The van der Waals surface area contributed by atoms with Crippen molar-refractivity contribution in [2.45, 2.75) is 0 Å². The fraction of sp³-hybridized carbons (Fsp3) is 0.0833. The number of aromatic nitrogens is 1. The van der Waals surface area contributed by atoms with E-state index in [2.05, 4.69) is 4.98 Å². The molecule has 0 bridgehead atoms. The number of nitrogens with two attached hydrogens (primary N) is 1. The van der Waals surface area contributed by atoms with E-state index in [0.717, 1.165) is 22.6 Å². The van der Waals surface area contributed by atoms with Crippen molar-refractivity contribution in [3.63, 3.8) is 0 Å². The molecule has 0 aliphatic heterocycles. The van der Waals surface area contributed by atoms with Crippen molar-refractivity contribution in [3.8, 4) is 16.9 Å². The number of rotatable bonds is 2. The Morgan fingerprint density at radius 3 is 2.47 bits per heavy atom. The Labute approximate surface area is 88.5 Å². The van der Waals surface area contributed by atoms with E-state index in [0.29, 0.717) is 0 Å². The van der Waals surface area contributed by atoms with Crippen LogP contribution in [0.25, 0.3) is 11.1 Å². The highest BCUT2D eigenvalue weighted by atomic mass is 16.5. The lowest BCUT2D eigenvalue weighted by atomic mass is 10.1. The molecule has 0 saturated heterocycles. The summed E-state index contributed by atoms with van der Waals surface area (Å²) in [5, 5.41) is 0. The quantitative estimate of drug-likeness (QED) is 0.809. The van der Waals surface area contributed by atoms with E-state index in [1.807, 2.05) is 24.3 Å². The second-order valence-corrected chi connectivity index (χ2v) is 3.19.